The van der Waals surface area contributed by atoms with Crippen molar-refractivity contribution in [1.82, 2.24) is 25.0 Å². The van der Waals surface area contributed by atoms with Crippen LogP contribution in [0, 0.1) is 6.92 Å². The van der Waals surface area contributed by atoms with Crippen molar-refractivity contribution in [2.24, 2.45) is 0 Å². The normalized spacial score (nSPS) is 15.3. The SMILES string of the molecule is COc1ccc(/C=C/CN2CCc3nnc([C@H](C)NC(=O)c4ccoc4C)n3CC2)cc1. The molecular formula is C24H29N5O3. The summed E-state index contributed by atoms with van der Waals surface area (Å²) in [5, 5.41) is 11.8. The third-order valence-electron chi connectivity index (χ3n) is 5.78. The predicted molar refractivity (Wildman–Crippen MR) is 122 cm³/mol. The lowest BCUT2D eigenvalue weighted by molar-refractivity contribution is 0.0936. The Morgan fingerprint density at radius 1 is 1.22 bits per heavy atom. The molecule has 1 aromatic carbocycles. The highest BCUT2D eigenvalue weighted by Gasteiger charge is 2.23. The number of rotatable bonds is 7. The van der Waals surface area contributed by atoms with Crippen molar-refractivity contribution in [2.45, 2.75) is 32.9 Å². The first kappa shape index (κ1) is 21.8. The van der Waals surface area contributed by atoms with Gasteiger partial charge >= 0.3 is 0 Å². The van der Waals surface area contributed by atoms with Gasteiger partial charge in [-0.2, -0.15) is 0 Å². The summed E-state index contributed by atoms with van der Waals surface area (Å²) < 4.78 is 12.6. The third-order valence-corrected chi connectivity index (χ3v) is 5.78. The Kier molecular flexibility index (Phi) is 6.70. The van der Waals surface area contributed by atoms with Gasteiger partial charge in [-0.05, 0) is 37.6 Å². The van der Waals surface area contributed by atoms with Crippen LogP contribution in [-0.2, 0) is 13.0 Å². The number of hydrogen-bond donors (Lipinski definition) is 1. The average molecular weight is 436 g/mol. The fourth-order valence-electron chi connectivity index (χ4n) is 3.90. The van der Waals surface area contributed by atoms with Gasteiger partial charge in [-0.25, -0.2) is 0 Å². The summed E-state index contributed by atoms with van der Waals surface area (Å²) in [6.07, 6.45) is 6.66. The van der Waals surface area contributed by atoms with Crippen LogP contribution in [0.25, 0.3) is 6.08 Å². The van der Waals surface area contributed by atoms with Gasteiger partial charge in [-0.15, -0.1) is 10.2 Å². The lowest BCUT2D eigenvalue weighted by atomic mass is 10.2. The number of benzene rings is 1. The molecule has 3 aromatic rings. The number of aryl methyl sites for hydroxylation is 1. The van der Waals surface area contributed by atoms with Crippen LogP contribution in [-0.4, -0.2) is 52.3 Å². The van der Waals surface area contributed by atoms with E-state index in [1.807, 2.05) is 31.2 Å². The second-order valence-electron chi connectivity index (χ2n) is 7.94. The molecule has 0 saturated carbocycles. The number of carbonyl (C=O) groups is 1. The third kappa shape index (κ3) is 4.91. The van der Waals surface area contributed by atoms with E-state index in [2.05, 4.69) is 37.1 Å². The summed E-state index contributed by atoms with van der Waals surface area (Å²) in [6, 6.07) is 9.45. The zero-order valence-corrected chi connectivity index (χ0v) is 18.7. The Balaban J connectivity index is 1.35. The Bertz CT molecular complexity index is 1080. The molecule has 1 N–H and O–H groups in total. The van der Waals surface area contributed by atoms with Crippen molar-refractivity contribution in [2.75, 3.05) is 26.7 Å². The molecule has 0 saturated heterocycles. The minimum Gasteiger partial charge on any atom is -0.497 e. The quantitative estimate of drug-likeness (QED) is 0.613. The van der Waals surface area contributed by atoms with Crippen molar-refractivity contribution >= 4 is 12.0 Å². The molecule has 0 bridgehead atoms. The Morgan fingerprint density at radius 3 is 2.75 bits per heavy atom. The molecule has 0 fully saturated rings. The van der Waals surface area contributed by atoms with Gasteiger partial charge in [0.2, 0.25) is 0 Å². The van der Waals surface area contributed by atoms with Crippen LogP contribution < -0.4 is 10.1 Å². The molecule has 4 rings (SSSR count). The topological polar surface area (TPSA) is 85.4 Å². The molecule has 8 nitrogen and oxygen atoms in total. The van der Waals surface area contributed by atoms with Crippen molar-refractivity contribution in [1.29, 1.82) is 0 Å². The maximum absolute atomic E-state index is 12.5. The molecule has 32 heavy (non-hydrogen) atoms. The number of amides is 1. The van der Waals surface area contributed by atoms with Gasteiger partial charge in [0, 0.05) is 32.6 Å². The van der Waals surface area contributed by atoms with Gasteiger partial charge in [0.15, 0.2) is 5.82 Å². The lowest BCUT2D eigenvalue weighted by Gasteiger charge is -2.18. The predicted octanol–water partition coefficient (Wildman–Crippen LogP) is 3.25. The number of nitrogens with zero attached hydrogens (tertiary/aromatic N) is 4. The highest BCUT2D eigenvalue weighted by molar-refractivity contribution is 5.95. The summed E-state index contributed by atoms with van der Waals surface area (Å²) in [7, 11) is 1.67. The minimum absolute atomic E-state index is 0.167. The monoisotopic (exact) mass is 435 g/mol. The van der Waals surface area contributed by atoms with Crippen LogP contribution >= 0.6 is 0 Å². The summed E-state index contributed by atoms with van der Waals surface area (Å²) in [5.74, 6) is 3.04. The summed E-state index contributed by atoms with van der Waals surface area (Å²) in [6.45, 7) is 7.18. The molecule has 0 spiro atoms. The first-order valence-corrected chi connectivity index (χ1v) is 10.8. The smallest absolute Gasteiger partial charge is 0.255 e. The van der Waals surface area contributed by atoms with Gasteiger partial charge in [-0.3, -0.25) is 9.69 Å². The lowest BCUT2D eigenvalue weighted by Crippen LogP contribution is -2.30. The molecule has 1 atom stereocenters. The van der Waals surface area contributed by atoms with E-state index < -0.39 is 0 Å². The number of furan rings is 1. The van der Waals surface area contributed by atoms with Gasteiger partial charge in [-0.1, -0.05) is 24.3 Å². The van der Waals surface area contributed by atoms with Gasteiger partial charge in [0.1, 0.15) is 17.3 Å². The van der Waals surface area contributed by atoms with Crippen molar-refractivity contribution in [3.05, 3.63) is 71.2 Å². The molecule has 2 aromatic heterocycles. The molecular weight excluding hydrogens is 406 g/mol. The molecule has 1 amide bonds. The van der Waals surface area contributed by atoms with E-state index in [9.17, 15) is 4.79 Å². The number of ether oxygens (including phenoxy) is 1. The second-order valence-corrected chi connectivity index (χ2v) is 7.94. The summed E-state index contributed by atoms with van der Waals surface area (Å²) >= 11 is 0. The van der Waals surface area contributed by atoms with E-state index in [0.717, 1.165) is 55.6 Å². The van der Waals surface area contributed by atoms with Gasteiger partial charge in [0.25, 0.3) is 5.91 Å². The Hall–Kier alpha value is -3.39. The molecule has 8 heteroatoms. The van der Waals surface area contributed by atoms with Crippen LogP contribution in [0.1, 0.15) is 46.3 Å². The standard InChI is InChI=1S/C24H29N5O3/c1-17(25-24(30)21-11-16-32-18(21)2)23-27-26-22-10-13-28(14-15-29(22)23)12-4-5-19-6-8-20(31-3)9-7-19/h4-9,11,16-17H,10,12-15H2,1-3H3,(H,25,30)/b5-4+/t17-/m0/s1. The van der Waals surface area contributed by atoms with Crippen LogP contribution in [0.3, 0.4) is 0 Å². The average Bonchev–Trinajstić information content (AvgIpc) is 3.36. The number of nitrogens with one attached hydrogen (secondary N) is 1. The van der Waals surface area contributed by atoms with E-state index >= 15 is 0 Å². The zero-order valence-electron chi connectivity index (χ0n) is 18.7. The maximum atomic E-state index is 12.5. The number of methoxy groups -OCH3 is 1. The number of fused-ring (bicyclic) bond motifs is 1. The van der Waals surface area contributed by atoms with E-state index in [-0.39, 0.29) is 11.9 Å². The molecule has 0 radical (unpaired) electrons. The van der Waals surface area contributed by atoms with Crippen molar-refractivity contribution < 1.29 is 13.9 Å². The Morgan fingerprint density at radius 2 is 2.03 bits per heavy atom. The highest BCUT2D eigenvalue weighted by Crippen LogP contribution is 2.18. The minimum atomic E-state index is -0.250. The van der Waals surface area contributed by atoms with E-state index in [1.165, 1.54) is 6.26 Å². The zero-order chi connectivity index (χ0) is 22.5. The molecule has 0 aliphatic carbocycles. The van der Waals surface area contributed by atoms with Crippen molar-refractivity contribution in [3.8, 4) is 5.75 Å². The highest BCUT2D eigenvalue weighted by atomic mass is 16.5. The fraction of sp³-hybridized carbons (Fsp3) is 0.375. The van der Waals surface area contributed by atoms with Crippen LogP contribution in [0.4, 0.5) is 0 Å². The van der Waals surface area contributed by atoms with E-state index in [0.29, 0.717) is 11.3 Å². The second kappa shape index (κ2) is 9.82. The van der Waals surface area contributed by atoms with Gasteiger partial charge < -0.3 is 19.0 Å². The largest absolute Gasteiger partial charge is 0.497 e. The van der Waals surface area contributed by atoms with Crippen LogP contribution in [0.2, 0.25) is 0 Å². The molecule has 0 unspecified atom stereocenters. The number of carbonyl (C=O) groups excluding carboxylic acids is 1. The first-order chi connectivity index (χ1) is 15.5. The molecule has 1 aliphatic heterocycles. The van der Waals surface area contributed by atoms with Crippen LogP contribution in [0.5, 0.6) is 5.75 Å². The van der Waals surface area contributed by atoms with E-state index in [4.69, 9.17) is 9.15 Å². The summed E-state index contributed by atoms with van der Waals surface area (Å²) in [4.78, 5) is 14.9. The first-order valence-electron chi connectivity index (χ1n) is 10.8. The van der Waals surface area contributed by atoms with Gasteiger partial charge in [0.05, 0.1) is 25.0 Å². The van der Waals surface area contributed by atoms with Crippen LogP contribution in [0.15, 0.2) is 47.1 Å². The summed E-state index contributed by atoms with van der Waals surface area (Å²) in [5.41, 5.74) is 1.69. The fourth-order valence-corrected chi connectivity index (χ4v) is 3.90. The molecule has 1 aliphatic rings. The maximum Gasteiger partial charge on any atom is 0.255 e. The number of hydrogen-bond acceptors (Lipinski definition) is 6. The van der Waals surface area contributed by atoms with E-state index in [1.54, 1.807) is 20.1 Å². The van der Waals surface area contributed by atoms with Crippen molar-refractivity contribution in [3.63, 3.8) is 0 Å². The molecule has 168 valence electrons. The number of aromatic nitrogens is 3. The molecule has 3 heterocycles. The Labute approximate surface area is 187 Å².